The fraction of sp³-hybridized carbons (Fsp3) is 0.148. The van der Waals surface area contributed by atoms with Crippen molar-refractivity contribution in [3.63, 3.8) is 0 Å². The predicted molar refractivity (Wildman–Crippen MR) is 141 cm³/mol. The van der Waals surface area contributed by atoms with E-state index in [0.717, 1.165) is 46.2 Å². The molecular formula is C27H23N9O. The van der Waals surface area contributed by atoms with Gasteiger partial charge in [-0.2, -0.15) is 5.10 Å². The molecule has 0 fully saturated rings. The monoisotopic (exact) mass is 489 g/mol. The first-order valence-corrected chi connectivity index (χ1v) is 12.1. The van der Waals surface area contributed by atoms with E-state index in [2.05, 4.69) is 42.4 Å². The Morgan fingerprint density at radius 1 is 0.946 bits per heavy atom. The lowest BCUT2D eigenvalue weighted by Gasteiger charge is -2.07. The number of unbranched alkanes of at least 4 members (excludes halogenated alkanes) is 1. The summed E-state index contributed by atoms with van der Waals surface area (Å²) in [7, 11) is 0. The number of fused-ring (bicyclic) bond motifs is 2. The topological polar surface area (TPSA) is 138 Å². The molecule has 0 bridgehead atoms. The van der Waals surface area contributed by atoms with Crippen LogP contribution in [0.15, 0.2) is 67.4 Å². The van der Waals surface area contributed by atoms with E-state index < -0.39 is 0 Å². The second kappa shape index (κ2) is 9.57. The van der Waals surface area contributed by atoms with E-state index in [0.29, 0.717) is 34.8 Å². The van der Waals surface area contributed by atoms with Crippen LogP contribution in [0.1, 0.15) is 26.2 Å². The third kappa shape index (κ3) is 4.40. The molecule has 0 aliphatic heterocycles. The van der Waals surface area contributed by atoms with Gasteiger partial charge >= 0.3 is 0 Å². The van der Waals surface area contributed by atoms with Crippen molar-refractivity contribution in [3.8, 4) is 34.0 Å². The van der Waals surface area contributed by atoms with Crippen LogP contribution in [0, 0.1) is 0 Å². The Kier molecular flexibility index (Phi) is 5.81. The Hall–Kier alpha value is -4.99. The molecule has 6 rings (SSSR count). The Bertz CT molecular complexity index is 1720. The molecule has 1 amide bonds. The molecule has 0 radical (unpaired) electrons. The van der Waals surface area contributed by atoms with Crippen LogP contribution in [0.25, 0.3) is 56.1 Å². The lowest BCUT2D eigenvalue weighted by molar-refractivity contribution is -0.116. The van der Waals surface area contributed by atoms with E-state index in [1.807, 2.05) is 36.4 Å². The fourth-order valence-electron chi connectivity index (χ4n) is 4.19. The smallest absolute Gasteiger partial charge is 0.224 e. The molecule has 0 aliphatic rings. The van der Waals surface area contributed by atoms with Crippen molar-refractivity contribution in [1.29, 1.82) is 0 Å². The molecule has 0 saturated heterocycles. The van der Waals surface area contributed by atoms with Gasteiger partial charge in [0.15, 0.2) is 11.5 Å². The van der Waals surface area contributed by atoms with E-state index >= 15 is 0 Å². The van der Waals surface area contributed by atoms with Crippen molar-refractivity contribution < 1.29 is 4.79 Å². The van der Waals surface area contributed by atoms with Crippen LogP contribution in [0.3, 0.4) is 0 Å². The number of aromatic amines is 2. The molecule has 6 aromatic rings. The van der Waals surface area contributed by atoms with Crippen LogP contribution in [0.4, 0.5) is 5.69 Å². The van der Waals surface area contributed by atoms with Crippen LogP contribution < -0.4 is 5.32 Å². The van der Waals surface area contributed by atoms with Crippen molar-refractivity contribution in [2.45, 2.75) is 26.2 Å². The van der Waals surface area contributed by atoms with Gasteiger partial charge in [-0.3, -0.25) is 24.8 Å². The van der Waals surface area contributed by atoms with Crippen molar-refractivity contribution in [2.24, 2.45) is 0 Å². The summed E-state index contributed by atoms with van der Waals surface area (Å²) in [5.41, 5.74) is 7.33. The van der Waals surface area contributed by atoms with Crippen molar-refractivity contribution in [1.82, 2.24) is 40.1 Å². The molecular weight excluding hydrogens is 466 g/mol. The number of nitrogens with zero attached hydrogens (tertiary/aromatic N) is 6. The lowest BCUT2D eigenvalue weighted by atomic mass is 10.1. The van der Waals surface area contributed by atoms with Gasteiger partial charge in [0.2, 0.25) is 5.91 Å². The maximum absolute atomic E-state index is 12.2. The zero-order chi connectivity index (χ0) is 25.2. The molecule has 37 heavy (non-hydrogen) atoms. The third-order valence-corrected chi connectivity index (χ3v) is 6.04. The minimum absolute atomic E-state index is 0.0224. The van der Waals surface area contributed by atoms with Crippen LogP contribution in [-0.2, 0) is 4.79 Å². The first-order valence-electron chi connectivity index (χ1n) is 12.1. The quantitative estimate of drug-likeness (QED) is 0.282. The highest BCUT2D eigenvalue weighted by Crippen LogP contribution is 2.30. The van der Waals surface area contributed by atoms with E-state index in [4.69, 9.17) is 9.97 Å². The molecule has 10 nitrogen and oxygen atoms in total. The van der Waals surface area contributed by atoms with Gasteiger partial charge < -0.3 is 10.3 Å². The largest absolute Gasteiger partial charge is 0.335 e. The maximum atomic E-state index is 12.2. The molecule has 0 aromatic carbocycles. The zero-order valence-electron chi connectivity index (χ0n) is 20.1. The average molecular weight is 490 g/mol. The van der Waals surface area contributed by atoms with Gasteiger partial charge in [-0.25, -0.2) is 9.97 Å². The molecule has 3 N–H and O–H groups in total. The molecule has 6 aromatic heterocycles. The second-order valence-corrected chi connectivity index (χ2v) is 8.66. The van der Waals surface area contributed by atoms with Gasteiger partial charge in [0.05, 0.1) is 40.5 Å². The Morgan fingerprint density at radius 2 is 1.86 bits per heavy atom. The summed E-state index contributed by atoms with van der Waals surface area (Å²) < 4.78 is 0. The number of imidazole rings is 1. The Balaban J connectivity index is 1.37. The van der Waals surface area contributed by atoms with Crippen molar-refractivity contribution >= 4 is 33.7 Å². The highest BCUT2D eigenvalue weighted by atomic mass is 16.1. The summed E-state index contributed by atoms with van der Waals surface area (Å²) in [4.78, 5) is 38.3. The summed E-state index contributed by atoms with van der Waals surface area (Å²) >= 11 is 0. The predicted octanol–water partition coefficient (Wildman–Crippen LogP) is 5.15. The standard InChI is InChI=1S/C27H23N9O/c1-2-3-7-23(37)31-17-11-16(12-28-13-17)19-8-9-21-25(32-19)26(36-35-21)27-33-22-15-29-14-18(24(22)34-27)20-6-4-5-10-30-20/h4-6,8-15H,2-3,7H2,1H3,(H,31,37)(H,33,34)(H,35,36). The number of amides is 1. The molecule has 182 valence electrons. The number of rotatable bonds is 7. The molecule has 0 unspecified atom stereocenters. The average Bonchev–Trinajstić information content (AvgIpc) is 3.56. The van der Waals surface area contributed by atoms with Gasteiger partial charge in [0.25, 0.3) is 0 Å². The van der Waals surface area contributed by atoms with Crippen molar-refractivity contribution in [2.75, 3.05) is 5.32 Å². The van der Waals surface area contributed by atoms with E-state index in [1.165, 1.54) is 0 Å². The number of nitrogens with one attached hydrogen (secondary N) is 3. The lowest BCUT2D eigenvalue weighted by Crippen LogP contribution is -2.11. The van der Waals surface area contributed by atoms with Crippen LogP contribution in [0.5, 0.6) is 0 Å². The number of pyridine rings is 4. The molecule has 0 saturated carbocycles. The van der Waals surface area contributed by atoms with E-state index in [9.17, 15) is 4.79 Å². The summed E-state index contributed by atoms with van der Waals surface area (Å²) in [6, 6.07) is 11.4. The number of H-pyrrole nitrogens is 2. The fourth-order valence-corrected chi connectivity index (χ4v) is 4.19. The number of carbonyl (C=O) groups excluding carboxylic acids is 1. The van der Waals surface area contributed by atoms with Crippen molar-refractivity contribution in [3.05, 3.63) is 67.4 Å². The zero-order valence-corrected chi connectivity index (χ0v) is 20.1. The van der Waals surface area contributed by atoms with Crippen LogP contribution in [0.2, 0.25) is 0 Å². The number of aromatic nitrogens is 8. The molecule has 0 atom stereocenters. The van der Waals surface area contributed by atoms with Gasteiger partial charge in [0.1, 0.15) is 11.0 Å². The normalized spacial score (nSPS) is 11.3. The van der Waals surface area contributed by atoms with E-state index in [-0.39, 0.29) is 5.91 Å². The van der Waals surface area contributed by atoms with Crippen LogP contribution >= 0.6 is 0 Å². The first-order chi connectivity index (χ1) is 18.2. The van der Waals surface area contributed by atoms with Gasteiger partial charge in [0, 0.05) is 36.1 Å². The maximum Gasteiger partial charge on any atom is 0.224 e. The molecule has 0 aliphatic carbocycles. The highest BCUT2D eigenvalue weighted by Gasteiger charge is 2.17. The number of hydrogen-bond donors (Lipinski definition) is 3. The number of anilines is 1. The van der Waals surface area contributed by atoms with Gasteiger partial charge in [-0.15, -0.1) is 0 Å². The van der Waals surface area contributed by atoms with Gasteiger partial charge in [-0.05, 0) is 36.8 Å². The highest BCUT2D eigenvalue weighted by molar-refractivity contribution is 5.95. The number of carbonyl (C=O) groups is 1. The SMILES string of the molecule is CCCCC(=O)Nc1cncc(-c2ccc3[nH]nc(-c4nc5c(-c6ccccn6)cncc5[nH]4)c3n2)c1. The third-order valence-electron chi connectivity index (χ3n) is 6.04. The Morgan fingerprint density at radius 3 is 2.73 bits per heavy atom. The Labute approximate surface area is 211 Å². The first kappa shape index (κ1) is 22.5. The molecule has 6 heterocycles. The van der Waals surface area contributed by atoms with E-state index in [1.54, 1.807) is 31.0 Å². The molecule has 10 heteroatoms. The minimum Gasteiger partial charge on any atom is -0.335 e. The van der Waals surface area contributed by atoms with Gasteiger partial charge in [-0.1, -0.05) is 19.4 Å². The second-order valence-electron chi connectivity index (χ2n) is 8.66. The summed E-state index contributed by atoms with van der Waals surface area (Å²) in [5.74, 6) is 0.553. The van der Waals surface area contributed by atoms with Crippen LogP contribution in [-0.4, -0.2) is 46.0 Å². The summed E-state index contributed by atoms with van der Waals surface area (Å²) in [6.07, 6.45) is 10.9. The molecule has 0 spiro atoms. The number of hydrogen-bond acceptors (Lipinski definition) is 7. The minimum atomic E-state index is -0.0224. The summed E-state index contributed by atoms with van der Waals surface area (Å²) in [6.45, 7) is 2.06. The summed E-state index contributed by atoms with van der Waals surface area (Å²) in [5, 5.41) is 10.4.